The second-order valence-electron chi connectivity index (χ2n) is 4.69. The van der Waals surface area contributed by atoms with Gasteiger partial charge in [-0.15, -0.1) is 0 Å². The Morgan fingerprint density at radius 2 is 1.80 bits per heavy atom. The van der Waals surface area contributed by atoms with E-state index in [9.17, 15) is 8.42 Å². The summed E-state index contributed by atoms with van der Waals surface area (Å²) in [5, 5.41) is 0. The monoisotopic (exact) mass is 226 g/mol. The first-order valence-electron chi connectivity index (χ1n) is 4.74. The molecule has 0 atom stereocenters. The van der Waals surface area contributed by atoms with E-state index in [1.54, 1.807) is 6.07 Å². The van der Waals surface area contributed by atoms with Crippen LogP contribution in [0.4, 0.5) is 11.4 Å². The number of nitrogens with one attached hydrogen (secondary N) is 2. The van der Waals surface area contributed by atoms with Gasteiger partial charge in [-0.25, -0.2) is 0 Å². The lowest BCUT2D eigenvalue weighted by Gasteiger charge is -2.21. The minimum Gasteiger partial charge on any atom is -0.265 e. The maximum absolute atomic E-state index is 11.3. The smallest absolute Gasteiger partial charge is 0.265 e. The number of para-hydroxylation sites is 1. The Hall–Kier alpha value is -1.23. The molecule has 0 fully saturated rings. The van der Waals surface area contributed by atoms with Gasteiger partial charge in [0.1, 0.15) is 0 Å². The molecule has 0 aromatic heterocycles. The van der Waals surface area contributed by atoms with Gasteiger partial charge >= 0.3 is 10.2 Å². The molecule has 4 nitrogen and oxygen atoms in total. The fourth-order valence-electron chi connectivity index (χ4n) is 1.68. The second kappa shape index (κ2) is 2.88. The van der Waals surface area contributed by atoms with E-state index in [2.05, 4.69) is 30.2 Å². The molecule has 1 aliphatic rings. The second-order valence-corrected chi connectivity index (χ2v) is 6.10. The quantitative estimate of drug-likeness (QED) is 0.711. The molecule has 15 heavy (non-hydrogen) atoms. The van der Waals surface area contributed by atoms with E-state index in [0.29, 0.717) is 11.4 Å². The highest BCUT2D eigenvalue weighted by Crippen LogP contribution is 2.38. The molecule has 0 saturated carbocycles. The lowest BCUT2D eigenvalue weighted by atomic mass is 9.85. The van der Waals surface area contributed by atoms with Gasteiger partial charge < -0.3 is 0 Å². The molecule has 0 spiro atoms. The summed E-state index contributed by atoms with van der Waals surface area (Å²) in [7, 11) is -3.39. The molecule has 82 valence electrons. The Bertz CT molecular complexity index is 501. The third kappa shape index (κ3) is 1.79. The molecular weight excluding hydrogens is 212 g/mol. The summed E-state index contributed by atoms with van der Waals surface area (Å²) in [6.45, 7) is 6.15. The van der Waals surface area contributed by atoms with Gasteiger partial charge in [0.25, 0.3) is 0 Å². The minimum absolute atomic E-state index is 0.0834. The lowest BCUT2D eigenvalue weighted by molar-refractivity contribution is 0.592. The SMILES string of the molecule is CC(C)(C)c1cccc2c1NS(=O)(=O)N2. The molecular formula is C10H14N2O2S. The van der Waals surface area contributed by atoms with Gasteiger partial charge in [0.2, 0.25) is 0 Å². The van der Waals surface area contributed by atoms with Crippen molar-refractivity contribution >= 4 is 21.6 Å². The molecule has 1 aliphatic heterocycles. The fraction of sp³-hybridized carbons (Fsp3) is 0.400. The molecule has 2 rings (SSSR count). The highest BCUT2D eigenvalue weighted by Gasteiger charge is 2.28. The van der Waals surface area contributed by atoms with Crippen LogP contribution in [0.15, 0.2) is 18.2 Å². The normalized spacial score (nSPS) is 17.8. The van der Waals surface area contributed by atoms with Crippen LogP contribution in [0, 0.1) is 0 Å². The van der Waals surface area contributed by atoms with Gasteiger partial charge in [-0.1, -0.05) is 32.9 Å². The van der Waals surface area contributed by atoms with Crippen molar-refractivity contribution < 1.29 is 8.42 Å². The molecule has 0 saturated heterocycles. The van der Waals surface area contributed by atoms with Gasteiger partial charge in [0, 0.05) is 0 Å². The number of anilines is 2. The summed E-state index contributed by atoms with van der Waals surface area (Å²) in [6.07, 6.45) is 0. The van der Waals surface area contributed by atoms with Crippen LogP contribution in [-0.2, 0) is 15.6 Å². The van der Waals surface area contributed by atoms with E-state index in [-0.39, 0.29) is 5.41 Å². The summed E-state index contributed by atoms with van der Waals surface area (Å²) in [6, 6.07) is 5.55. The molecule has 2 N–H and O–H groups in total. The average Bonchev–Trinajstić information content (AvgIpc) is 2.35. The number of fused-ring (bicyclic) bond motifs is 1. The van der Waals surface area contributed by atoms with E-state index in [1.807, 2.05) is 12.1 Å². The first kappa shape index (κ1) is 10.3. The number of rotatable bonds is 0. The molecule has 5 heteroatoms. The molecule has 0 unspecified atom stereocenters. The Labute approximate surface area is 89.9 Å². The Kier molecular flexibility index (Phi) is 1.98. The summed E-state index contributed by atoms with van der Waals surface area (Å²) >= 11 is 0. The van der Waals surface area contributed by atoms with Crippen molar-refractivity contribution in [2.24, 2.45) is 0 Å². The highest BCUT2D eigenvalue weighted by atomic mass is 32.2. The van der Waals surface area contributed by atoms with Crippen LogP contribution in [-0.4, -0.2) is 8.42 Å². The standard InChI is InChI=1S/C10H14N2O2S/c1-10(2,3)7-5-4-6-8-9(7)12-15(13,14)11-8/h4-6,11-12H,1-3H3. The van der Waals surface area contributed by atoms with Crippen molar-refractivity contribution in [1.29, 1.82) is 0 Å². The third-order valence-corrected chi connectivity index (χ3v) is 3.31. The largest absolute Gasteiger partial charge is 0.321 e. The molecule has 1 aromatic rings. The van der Waals surface area contributed by atoms with E-state index in [0.717, 1.165) is 5.56 Å². The van der Waals surface area contributed by atoms with Gasteiger partial charge in [-0.2, -0.15) is 8.42 Å². The maximum Gasteiger partial charge on any atom is 0.321 e. The van der Waals surface area contributed by atoms with Crippen LogP contribution < -0.4 is 9.44 Å². The van der Waals surface area contributed by atoms with Crippen molar-refractivity contribution in [3.05, 3.63) is 23.8 Å². The predicted octanol–water partition coefficient (Wildman–Crippen LogP) is 2.07. The van der Waals surface area contributed by atoms with Crippen LogP contribution in [0.1, 0.15) is 26.3 Å². The van der Waals surface area contributed by atoms with Crippen LogP contribution in [0.2, 0.25) is 0 Å². The van der Waals surface area contributed by atoms with Gasteiger partial charge in [0.15, 0.2) is 0 Å². The maximum atomic E-state index is 11.3. The van der Waals surface area contributed by atoms with Crippen molar-refractivity contribution in [3.63, 3.8) is 0 Å². The number of hydrogen-bond donors (Lipinski definition) is 2. The Morgan fingerprint density at radius 3 is 2.40 bits per heavy atom. The molecule has 0 aliphatic carbocycles. The first-order chi connectivity index (χ1) is 6.80. The Balaban J connectivity index is 2.61. The van der Waals surface area contributed by atoms with Crippen molar-refractivity contribution in [2.75, 3.05) is 9.44 Å². The topological polar surface area (TPSA) is 58.2 Å². The minimum atomic E-state index is -3.39. The van der Waals surface area contributed by atoms with Crippen molar-refractivity contribution in [1.82, 2.24) is 0 Å². The molecule has 1 heterocycles. The van der Waals surface area contributed by atoms with Crippen LogP contribution in [0.25, 0.3) is 0 Å². The predicted molar refractivity (Wildman–Crippen MR) is 61.3 cm³/mol. The fourth-order valence-corrected chi connectivity index (χ4v) is 2.68. The number of hydrogen-bond acceptors (Lipinski definition) is 2. The molecule has 0 bridgehead atoms. The lowest BCUT2D eigenvalue weighted by Crippen LogP contribution is -2.16. The van der Waals surface area contributed by atoms with E-state index in [4.69, 9.17) is 0 Å². The highest BCUT2D eigenvalue weighted by molar-refractivity contribution is 7.94. The average molecular weight is 226 g/mol. The van der Waals surface area contributed by atoms with E-state index >= 15 is 0 Å². The zero-order valence-electron chi connectivity index (χ0n) is 8.96. The Morgan fingerprint density at radius 1 is 1.13 bits per heavy atom. The van der Waals surface area contributed by atoms with Gasteiger partial charge in [0.05, 0.1) is 11.4 Å². The van der Waals surface area contributed by atoms with Gasteiger partial charge in [-0.05, 0) is 17.0 Å². The summed E-state index contributed by atoms with van der Waals surface area (Å²) in [4.78, 5) is 0. The molecule has 0 amide bonds. The van der Waals surface area contributed by atoms with Crippen LogP contribution in [0.5, 0.6) is 0 Å². The van der Waals surface area contributed by atoms with Gasteiger partial charge in [-0.3, -0.25) is 9.44 Å². The third-order valence-electron chi connectivity index (χ3n) is 2.35. The van der Waals surface area contributed by atoms with Crippen molar-refractivity contribution in [3.8, 4) is 0 Å². The zero-order chi connectivity index (χ0) is 11.3. The first-order valence-corrected chi connectivity index (χ1v) is 6.22. The van der Waals surface area contributed by atoms with Crippen molar-refractivity contribution in [2.45, 2.75) is 26.2 Å². The molecule has 0 radical (unpaired) electrons. The van der Waals surface area contributed by atoms with Crippen LogP contribution in [0.3, 0.4) is 0 Å². The summed E-state index contributed by atoms with van der Waals surface area (Å²) in [5.74, 6) is 0. The number of benzene rings is 1. The molecule has 1 aromatic carbocycles. The zero-order valence-corrected chi connectivity index (χ0v) is 9.77. The summed E-state index contributed by atoms with van der Waals surface area (Å²) < 4.78 is 27.6. The van der Waals surface area contributed by atoms with E-state index < -0.39 is 10.2 Å². The summed E-state index contributed by atoms with van der Waals surface area (Å²) in [5.41, 5.74) is 2.21. The van der Waals surface area contributed by atoms with E-state index in [1.165, 1.54) is 0 Å². The van der Waals surface area contributed by atoms with Crippen LogP contribution >= 0.6 is 0 Å².